The van der Waals surface area contributed by atoms with Crippen molar-refractivity contribution in [1.82, 2.24) is 9.97 Å². The maximum Gasteiger partial charge on any atom is 0.229 e. The van der Waals surface area contributed by atoms with Gasteiger partial charge in [0.25, 0.3) is 0 Å². The number of nitrogens with zero attached hydrogens (tertiary/aromatic N) is 2. The normalized spacial score (nSPS) is 14.4. The second-order valence-corrected chi connectivity index (χ2v) is 7.43. The molecule has 150 valence electrons. The van der Waals surface area contributed by atoms with E-state index in [0.29, 0.717) is 17.9 Å². The molecule has 0 unspecified atom stereocenters. The molecule has 0 bridgehead atoms. The van der Waals surface area contributed by atoms with Gasteiger partial charge in [-0.25, -0.2) is 4.98 Å². The van der Waals surface area contributed by atoms with E-state index in [1.54, 1.807) is 24.4 Å². The Bertz CT molecular complexity index is 953. The minimum atomic E-state index is 0.204. The molecule has 6 nitrogen and oxygen atoms in total. The van der Waals surface area contributed by atoms with Crippen LogP contribution < -0.4 is 15.4 Å². The first kappa shape index (κ1) is 19.1. The van der Waals surface area contributed by atoms with Crippen molar-refractivity contribution in [2.45, 2.75) is 45.1 Å². The first-order valence-electron chi connectivity index (χ1n) is 10.1. The Kier molecular flexibility index (Phi) is 5.79. The van der Waals surface area contributed by atoms with E-state index in [-0.39, 0.29) is 5.75 Å². The second kappa shape index (κ2) is 8.82. The Morgan fingerprint density at radius 3 is 2.52 bits per heavy atom. The van der Waals surface area contributed by atoms with Crippen LogP contribution in [0, 0.1) is 6.92 Å². The predicted molar refractivity (Wildman–Crippen MR) is 115 cm³/mol. The monoisotopic (exact) mass is 390 g/mol. The summed E-state index contributed by atoms with van der Waals surface area (Å²) in [5, 5.41) is 16.1. The minimum Gasteiger partial charge on any atom is -0.508 e. The quantitative estimate of drug-likeness (QED) is 0.502. The molecule has 0 radical (unpaired) electrons. The van der Waals surface area contributed by atoms with Crippen LogP contribution in [0.5, 0.6) is 11.5 Å². The van der Waals surface area contributed by atoms with E-state index >= 15 is 0 Å². The number of aromatic nitrogens is 2. The van der Waals surface area contributed by atoms with Gasteiger partial charge < -0.3 is 20.5 Å². The highest BCUT2D eigenvalue weighted by Gasteiger charge is 2.14. The van der Waals surface area contributed by atoms with Crippen LogP contribution in [0.15, 0.2) is 54.7 Å². The Morgan fingerprint density at radius 2 is 1.76 bits per heavy atom. The van der Waals surface area contributed by atoms with Crippen molar-refractivity contribution < 1.29 is 9.84 Å². The Balaban J connectivity index is 1.42. The van der Waals surface area contributed by atoms with E-state index in [2.05, 4.69) is 20.6 Å². The summed E-state index contributed by atoms with van der Waals surface area (Å²) in [5.41, 5.74) is 2.57. The smallest absolute Gasteiger partial charge is 0.229 e. The Morgan fingerprint density at radius 1 is 0.966 bits per heavy atom. The molecule has 1 aromatic heterocycles. The zero-order valence-corrected chi connectivity index (χ0v) is 16.6. The lowest BCUT2D eigenvalue weighted by atomic mass is 9.98. The first-order chi connectivity index (χ1) is 14.2. The molecule has 1 aliphatic carbocycles. The van der Waals surface area contributed by atoms with Gasteiger partial charge in [-0.05, 0) is 69.0 Å². The molecule has 1 aliphatic rings. The van der Waals surface area contributed by atoms with E-state index in [9.17, 15) is 5.11 Å². The van der Waals surface area contributed by atoms with Crippen molar-refractivity contribution in [2.24, 2.45) is 0 Å². The lowest BCUT2D eigenvalue weighted by molar-refractivity contribution is 0.155. The molecule has 0 spiro atoms. The molecule has 29 heavy (non-hydrogen) atoms. The van der Waals surface area contributed by atoms with E-state index in [0.717, 1.165) is 35.5 Å². The fourth-order valence-electron chi connectivity index (χ4n) is 3.47. The van der Waals surface area contributed by atoms with Crippen LogP contribution in [0.4, 0.5) is 23.1 Å². The molecule has 0 saturated heterocycles. The van der Waals surface area contributed by atoms with Gasteiger partial charge in [-0.2, -0.15) is 4.98 Å². The van der Waals surface area contributed by atoms with Crippen LogP contribution in [-0.2, 0) is 0 Å². The third-order valence-corrected chi connectivity index (χ3v) is 5.05. The Hall–Kier alpha value is -3.28. The molecule has 0 aliphatic heterocycles. The summed E-state index contributed by atoms with van der Waals surface area (Å²) in [6.45, 7) is 1.94. The number of hydrogen-bond donors (Lipinski definition) is 3. The molecule has 3 N–H and O–H groups in total. The maximum absolute atomic E-state index is 9.64. The highest BCUT2D eigenvalue weighted by atomic mass is 16.5. The van der Waals surface area contributed by atoms with Gasteiger partial charge in [-0.1, -0.05) is 12.5 Å². The highest BCUT2D eigenvalue weighted by molar-refractivity contribution is 5.63. The number of anilines is 4. The van der Waals surface area contributed by atoms with Crippen molar-refractivity contribution in [2.75, 3.05) is 10.6 Å². The van der Waals surface area contributed by atoms with Gasteiger partial charge in [0, 0.05) is 29.2 Å². The average Bonchev–Trinajstić information content (AvgIpc) is 2.73. The van der Waals surface area contributed by atoms with Crippen LogP contribution in [-0.4, -0.2) is 21.2 Å². The summed E-state index contributed by atoms with van der Waals surface area (Å²) in [5.74, 6) is 2.29. The molecule has 6 heteroatoms. The third-order valence-electron chi connectivity index (χ3n) is 5.05. The summed E-state index contributed by atoms with van der Waals surface area (Å²) in [6, 6.07) is 14.9. The number of hydrogen-bond acceptors (Lipinski definition) is 6. The van der Waals surface area contributed by atoms with Crippen LogP contribution in [0.1, 0.15) is 37.7 Å². The molecular formula is C23H26N4O2. The summed E-state index contributed by atoms with van der Waals surface area (Å²) < 4.78 is 6.08. The summed E-state index contributed by atoms with van der Waals surface area (Å²) in [4.78, 5) is 8.93. The molecule has 0 atom stereocenters. The number of phenols is 1. The summed E-state index contributed by atoms with van der Waals surface area (Å²) >= 11 is 0. The third kappa shape index (κ3) is 5.16. The molecule has 2 aromatic carbocycles. The van der Waals surface area contributed by atoms with Crippen LogP contribution in [0.25, 0.3) is 0 Å². The fraction of sp³-hybridized carbons (Fsp3) is 0.304. The maximum atomic E-state index is 9.64. The average molecular weight is 390 g/mol. The summed E-state index contributed by atoms with van der Waals surface area (Å²) in [7, 11) is 0. The number of aromatic hydroxyl groups is 1. The number of phenolic OH excluding ortho intramolecular Hbond substituents is 1. The van der Waals surface area contributed by atoms with Crippen molar-refractivity contribution in [3.63, 3.8) is 0 Å². The van der Waals surface area contributed by atoms with Crippen molar-refractivity contribution in [1.29, 1.82) is 0 Å². The number of rotatable bonds is 6. The predicted octanol–water partition coefficient (Wildman–Crippen LogP) is 5.69. The molecule has 0 amide bonds. The van der Waals surface area contributed by atoms with E-state index in [1.165, 1.54) is 19.3 Å². The molecule has 1 saturated carbocycles. The van der Waals surface area contributed by atoms with E-state index in [4.69, 9.17) is 4.74 Å². The van der Waals surface area contributed by atoms with Crippen molar-refractivity contribution in [3.05, 3.63) is 60.3 Å². The minimum absolute atomic E-state index is 0.204. The van der Waals surface area contributed by atoms with Gasteiger partial charge in [-0.3, -0.25) is 0 Å². The van der Waals surface area contributed by atoms with Crippen molar-refractivity contribution in [3.8, 4) is 11.5 Å². The largest absolute Gasteiger partial charge is 0.508 e. The molecular weight excluding hydrogens is 364 g/mol. The number of benzene rings is 2. The standard InChI is InChI=1S/C23H26N4O2/c1-16-15-24-23(27-22(16)25-18-6-5-7-19(28)14-18)26-17-10-12-21(13-11-17)29-20-8-3-2-4-9-20/h5-7,10-15,20,28H,2-4,8-9H2,1H3,(H2,24,25,26,27). The lowest BCUT2D eigenvalue weighted by Crippen LogP contribution is -2.19. The van der Waals surface area contributed by atoms with Gasteiger partial charge >= 0.3 is 0 Å². The van der Waals surface area contributed by atoms with Crippen LogP contribution >= 0.6 is 0 Å². The zero-order chi connectivity index (χ0) is 20.1. The number of aryl methyl sites for hydroxylation is 1. The van der Waals surface area contributed by atoms with Gasteiger partial charge in [0.15, 0.2) is 0 Å². The van der Waals surface area contributed by atoms with Crippen LogP contribution in [0.2, 0.25) is 0 Å². The fourth-order valence-corrected chi connectivity index (χ4v) is 3.47. The molecule has 3 aromatic rings. The van der Waals surface area contributed by atoms with Crippen LogP contribution in [0.3, 0.4) is 0 Å². The second-order valence-electron chi connectivity index (χ2n) is 7.43. The van der Waals surface area contributed by atoms with Crippen molar-refractivity contribution >= 4 is 23.1 Å². The molecule has 1 fully saturated rings. The van der Waals surface area contributed by atoms with E-state index in [1.807, 2.05) is 37.3 Å². The summed E-state index contributed by atoms with van der Waals surface area (Å²) in [6.07, 6.45) is 8.23. The van der Waals surface area contributed by atoms with Gasteiger partial charge in [0.05, 0.1) is 6.10 Å². The lowest BCUT2D eigenvalue weighted by Gasteiger charge is -2.23. The first-order valence-corrected chi connectivity index (χ1v) is 10.1. The van der Waals surface area contributed by atoms with E-state index < -0.39 is 0 Å². The van der Waals surface area contributed by atoms with Gasteiger partial charge in [0.1, 0.15) is 17.3 Å². The zero-order valence-electron chi connectivity index (χ0n) is 16.6. The molecule has 4 rings (SSSR count). The molecule has 1 heterocycles. The SMILES string of the molecule is Cc1cnc(Nc2ccc(OC3CCCCC3)cc2)nc1Nc1cccc(O)c1. The Labute approximate surface area is 171 Å². The van der Waals surface area contributed by atoms with Gasteiger partial charge in [0.2, 0.25) is 5.95 Å². The van der Waals surface area contributed by atoms with Gasteiger partial charge in [-0.15, -0.1) is 0 Å². The number of ether oxygens (including phenoxy) is 1. The number of nitrogens with one attached hydrogen (secondary N) is 2. The highest BCUT2D eigenvalue weighted by Crippen LogP contribution is 2.26. The topological polar surface area (TPSA) is 79.3 Å².